The number of rotatable bonds is 2. The zero-order chi connectivity index (χ0) is 9.14. The Balaban J connectivity index is 3.07. The maximum Gasteiger partial charge on any atom is 0.137 e. The van der Waals surface area contributed by atoms with Crippen molar-refractivity contribution in [3.63, 3.8) is 0 Å². The average molecular weight is 232 g/mol. The summed E-state index contributed by atoms with van der Waals surface area (Å²) < 4.78 is 13.3. The Morgan fingerprint density at radius 1 is 1.58 bits per heavy atom. The third kappa shape index (κ3) is 1.84. The largest absolute Gasteiger partial charge is 0.395 e. The SMILES string of the molecule is C[C](CO)c1cccc(F)c1Br. The molecule has 0 unspecified atom stereocenters. The van der Waals surface area contributed by atoms with Crippen LogP contribution in [0.2, 0.25) is 0 Å². The second-order valence-electron chi connectivity index (χ2n) is 2.54. The van der Waals surface area contributed by atoms with E-state index < -0.39 is 0 Å². The Morgan fingerprint density at radius 2 is 2.25 bits per heavy atom. The summed E-state index contributed by atoms with van der Waals surface area (Å²) in [5.74, 6) is 0.446. The monoisotopic (exact) mass is 231 g/mol. The molecule has 1 N–H and O–H groups in total. The fraction of sp³-hybridized carbons (Fsp3) is 0.222. The molecule has 3 heteroatoms. The van der Waals surface area contributed by atoms with Gasteiger partial charge < -0.3 is 5.11 Å². The van der Waals surface area contributed by atoms with Crippen molar-refractivity contribution >= 4 is 15.9 Å². The van der Waals surface area contributed by atoms with E-state index in [4.69, 9.17) is 5.11 Å². The zero-order valence-corrected chi connectivity index (χ0v) is 8.23. The molecule has 0 fully saturated rings. The number of aliphatic hydroxyl groups is 1. The van der Waals surface area contributed by atoms with Crippen LogP contribution < -0.4 is 0 Å². The Kier molecular flexibility index (Phi) is 3.23. The molecule has 1 nitrogen and oxygen atoms in total. The molecular formula is C9H9BrFO. The Bertz CT molecular complexity index is 275. The molecule has 0 atom stereocenters. The van der Waals surface area contributed by atoms with Gasteiger partial charge in [-0.1, -0.05) is 19.1 Å². The molecule has 0 aromatic heterocycles. The topological polar surface area (TPSA) is 20.2 Å². The minimum Gasteiger partial charge on any atom is -0.395 e. The molecule has 0 bridgehead atoms. The maximum absolute atomic E-state index is 12.9. The van der Waals surface area contributed by atoms with E-state index in [1.54, 1.807) is 19.1 Å². The van der Waals surface area contributed by atoms with Gasteiger partial charge in [0.2, 0.25) is 0 Å². The quantitative estimate of drug-likeness (QED) is 0.830. The van der Waals surface area contributed by atoms with E-state index in [1.165, 1.54) is 6.07 Å². The van der Waals surface area contributed by atoms with Crippen LogP contribution in [0.15, 0.2) is 22.7 Å². The van der Waals surface area contributed by atoms with E-state index in [2.05, 4.69) is 15.9 Å². The fourth-order valence-corrected chi connectivity index (χ4v) is 1.52. The van der Waals surface area contributed by atoms with Crippen LogP contribution in [0.3, 0.4) is 0 Å². The minimum atomic E-state index is -0.305. The van der Waals surface area contributed by atoms with Gasteiger partial charge in [0, 0.05) is 5.92 Å². The molecular weight excluding hydrogens is 223 g/mol. The van der Waals surface area contributed by atoms with Gasteiger partial charge in [0.05, 0.1) is 11.1 Å². The zero-order valence-electron chi connectivity index (χ0n) is 6.64. The van der Waals surface area contributed by atoms with Gasteiger partial charge >= 0.3 is 0 Å². The molecule has 0 saturated heterocycles. The molecule has 1 aromatic carbocycles. The summed E-state index contributed by atoms with van der Waals surface area (Å²) >= 11 is 3.11. The normalized spacial score (nSPS) is 10.8. The highest BCUT2D eigenvalue weighted by Gasteiger charge is 2.11. The highest BCUT2D eigenvalue weighted by Crippen LogP contribution is 2.26. The molecule has 12 heavy (non-hydrogen) atoms. The summed E-state index contributed by atoms with van der Waals surface area (Å²) in [6, 6.07) is 4.76. The predicted molar refractivity (Wildman–Crippen MR) is 49.2 cm³/mol. The summed E-state index contributed by atoms with van der Waals surface area (Å²) in [5, 5.41) is 8.82. The molecule has 0 aliphatic heterocycles. The first-order valence-corrected chi connectivity index (χ1v) is 4.33. The van der Waals surface area contributed by atoms with Gasteiger partial charge in [-0.25, -0.2) is 4.39 Å². The lowest BCUT2D eigenvalue weighted by Crippen LogP contribution is -2.01. The summed E-state index contributed by atoms with van der Waals surface area (Å²) in [5.41, 5.74) is 0.720. The highest BCUT2D eigenvalue weighted by molar-refractivity contribution is 9.10. The van der Waals surface area contributed by atoms with Crippen LogP contribution in [-0.4, -0.2) is 11.7 Å². The van der Waals surface area contributed by atoms with Crippen molar-refractivity contribution in [1.82, 2.24) is 0 Å². The lowest BCUT2D eigenvalue weighted by atomic mass is 10.0. The summed E-state index contributed by atoms with van der Waals surface area (Å²) in [6.07, 6.45) is 0. The van der Waals surface area contributed by atoms with Crippen molar-refractivity contribution in [2.75, 3.05) is 6.61 Å². The van der Waals surface area contributed by atoms with Gasteiger partial charge in [-0.15, -0.1) is 0 Å². The molecule has 1 aromatic rings. The van der Waals surface area contributed by atoms with Crippen LogP contribution in [0.5, 0.6) is 0 Å². The van der Waals surface area contributed by atoms with Crippen molar-refractivity contribution in [2.45, 2.75) is 6.92 Å². The molecule has 1 radical (unpaired) electrons. The molecule has 0 aliphatic carbocycles. The van der Waals surface area contributed by atoms with Crippen molar-refractivity contribution in [2.24, 2.45) is 0 Å². The molecule has 0 heterocycles. The number of aliphatic hydroxyl groups excluding tert-OH is 1. The van der Waals surface area contributed by atoms with E-state index in [9.17, 15) is 4.39 Å². The Hall–Kier alpha value is -0.410. The van der Waals surface area contributed by atoms with Crippen molar-refractivity contribution in [3.8, 4) is 0 Å². The van der Waals surface area contributed by atoms with Crippen LogP contribution >= 0.6 is 15.9 Å². The fourth-order valence-electron chi connectivity index (χ4n) is 0.919. The third-order valence-electron chi connectivity index (χ3n) is 1.65. The molecule has 0 aliphatic rings. The Morgan fingerprint density at radius 3 is 2.83 bits per heavy atom. The van der Waals surface area contributed by atoms with E-state index >= 15 is 0 Å². The van der Waals surface area contributed by atoms with Gasteiger partial charge in [-0.05, 0) is 27.6 Å². The number of hydrogen-bond donors (Lipinski definition) is 1. The van der Waals surface area contributed by atoms with Crippen LogP contribution in [-0.2, 0) is 0 Å². The van der Waals surface area contributed by atoms with Gasteiger partial charge in [-0.3, -0.25) is 0 Å². The maximum atomic E-state index is 12.9. The van der Waals surface area contributed by atoms with Crippen LogP contribution in [0, 0.1) is 11.7 Å². The van der Waals surface area contributed by atoms with E-state index in [-0.39, 0.29) is 12.4 Å². The molecule has 0 saturated carbocycles. The first-order valence-electron chi connectivity index (χ1n) is 3.54. The van der Waals surface area contributed by atoms with Gasteiger partial charge in [-0.2, -0.15) is 0 Å². The number of halogens is 2. The van der Waals surface area contributed by atoms with E-state index in [0.29, 0.717) is 4.47 Å². The van der Waals surface area contributed by atoms with E-state index in [1.807, 2.05) is 0 Å². The summed E-state index contributed by atoms with van der Waals surface area (Å²) in [4.78, 5) is 0. The number of hydrogen-bond acceptors (Lipinski definition) is 1. The molecule has 0 amide bonds. The van der Waals surface area contributed by atoms with Crippen molar-refractivity contribution in [1.29, 1.82) is 0 Å². The predicted octanol–water partition coefficient (Wildman–Crippen LogP) is 2.52. The smallest absolute Gasteiger partial charge is 0.137 e. The van der Waals surface area contributed by atoms with Gasteiger partial charge in [0.25, 0.3) is 0 Å². The average Bonchev–Trinajstić information content (AvgIpc) is 2.08. The minimum absolute atomic E-state index is 0.0535. The van der Waals surface area contributed by atoms with Crippen LogP contribution in [0.25, 0.3) is 0 Å². The van der Waals surface area contributed by atoms with Crippen molar-refractivity contribution in [3.05, 3.63) is 40.0 Å². The second kappa shape index (κ2) is 4.01. The summed E-state index contributed by atoms with van der Waals surface area (Å²) in [6.45, 7) is 1.71. The first-order chi connectivity index (χ1) is 5.66. The number of benzene rings is 1. The Labute approximate surface area is 79.4 Å². The summed E-state index contributed by atoms with van der Waals surface area (Å²) in [7, 11) is 0. The lowest BCUT2D eigenvalue weighted by Gasteiger charge is -2.09. The van der Waals surface area contributed by atoms with Crippen LogP contribution in [0.4, 0.5) is 4.39 Å². The van der Waals surface area contributed by atoms with Crippen LogP contribution in [0.1, 0.15) is 12.5 Å². The molecule has 1 rings (SSSR count). The molecule has 0 spiro atoms. The van der Waals surface area contributed by atoms with Gasteiger partial charge in [0.1, 0.15) is 5.82 Å². The lowest BCUT2D eigenvalue weighted by molar-refractivity contribution is 0.314. The van der Waals surface area contributed by atoms with E-state index in [0.717, 1.165) is 11.5 Å². The van der Waals surface area contributed by atoms with Gasteiger partial charge in [0.15, 0.2) is 0 Å². The highest BCUT2D eigenvalue weighted by atomic mass is 79.9. The molecule has 65 valence electrons. The third-order valence-corrected chi connectivity index (χ3v) is 2.45. The second-order valence-corrected chi connectivity index (χ2v) is 3.33. The van der Waals surface area contributed by atoms with Crippen molar-refractivity contribution < 1.29 is 9.50 Å². The standard InChI is InChI=1S/C9H9BrFO/c1-6(5-12)7-3-2-4-8(11)9(7)10/h2-4,12H,5H2,1H3. The first kappa shape index (κ1) is 9.68.